The number of ether oxygens (including phenoxy) is 2. The molecule has 2 heterocycles. The number of hydrogen-bond acceptors (Lipinski definition) is 5. The van der Waals surface area contributed by atoms with E-state index in [1.165, 1.54) is 6.07 Å². The first kappa shape index (κ1) is 19.8. The fraction of sp³-hybridized carbons (Fsp3) is 0.318. The van der Waals surface area contributed by atoms with Gasteiger partial charge < -0.3 is 19.8 Å². The second-order valence-electron chi connectivity index (χ2n) is 7.68. The van der Waals surface area contributed by atoms with E-state index < -0.39 is 11.2 Å². The standard InChI is InChI=1S/C22H23N3O5/c1-4-25-20(27)15-7-5-13(11-16(15)23-21(25)28)19(26)24-22(2,3)14-6-8-17-18(12-14)30-10-9-29-17/h5-8,11-12H,4,9-10H2,1-3H3,(H,23,28)(H,24,26). The molecule has 4 rings (SSSR count). The van der Waals surface area contributed by atoms with Crippen molar-refractivity contribution in [3.05, 3.63) is 68.4 Å². The number of carbonyl (C=O) groups excluding carboxylic acids is 1. The number of aromatic amines is 1. The van der Waals surface area contributed by atoms with Crippen molar-refractivity contribution in [2.75, 3.05) is 13.2 Å². The summed E-state index contributed by atoms with van der Waals surface area (Å²) in [6.45, 7) is 6.77. The average Bonchev–Trinajstić information content (AvgIpc) is 2.73. The quantitative estimate of drug-likeness (QED) is 0.687. The first-order chi connectivity index (χ1) is 14.3. The van der Waals surface area contributed by atoms with E-state index in [1.807, 2.05) is 32.0 Å². The maximum absolute atomic E-state index is 12.9. The van der Waals surface area contributed by atoms with Gasteiger partial charge in [0.1, 0.15) is 13.2 Å². The minimum Gasteiger partial charge on any atom is -0.486 e. The summed E-state index contributed by atoms with van der Waals surface area (Å²) in [6, 6.07) is 10.2. The molecule has 0 bridgehead atoms. The van der Waals surface area contributed by atoms with E-state index in [1.54, 1.807) is 19.1 Å². The van der Waals surface area contributed by atoms with E-state index >= 15 is 0 Å². The van der Waals surface area contributed by atoms with Gasteiger partial charge in [-0.05, 0) is 56.7 Å². The van der Waals surface area contributed by atoms with Crippen LogP contribution in [0, 0.1) is 0 Å². The molecule has 0 unspecified atom stereocenters. The van der Waals surface area contributed by atoms with Crippen LogP contribution in [0.15, 0.2) is 46.0 Å². The van der Waals surface area contributed by atoms with Gasteiger partial charge in [-0.1, -0.05) is 6.07 Å². The summed E-state index contributed by atoms with van der Waals surface area (Å²) in [4.78, 5) is 40.1. The van der Waals surface area contributed by atoms with Crippen molar-refractivity contribution in [3.63, 3.8) is 0 Å². The molecule has 0 spiro atoms. The molecule has 1 aromatic heterocycles. The first-order valence-electron chi connectivity index (χ1n) is 9.79. The molecule has 1 aliphatic heterocycles. The number of benzene rings is 2. The molecule has 0 radical (unpaired) electrons. The van der Waals surface area contributed by atoms with E-state index in [0.717, 1.165) is 10.1 Å². The second-order valence-corrected chi connectivity index (χ2v) is 7.68. The van der Waals surface area contributed by atoms with Gasteiger partial charge in [0.25, 0.3) is 11.5 Å². The van der Waals surface area contributed by atoms with Crippen LogP contribution in [0.25, 0.3) is 10.9 Å². The fourth-order valence-electron chi connectivity index (χ4n) is 3.54. The maximum atomic E-state index is 12.9. The zero-order valence-corrected chi connectivity index (χ0v) is 17.1. The third-order valence-corrected chi connectivity index (χ3v) is 5.25. The predicted molar refractivity (Wildman–Crippen MR) is 112 cm³/mol. The van der Waals surface area contributed by atoms with Crippen LogP contribution in [0.2, 0.25) is 0 Å². The summed E-state index contributed by atoms with van der Waals surface area (Å²) in [5.41, 5.74) is -0.0259. The molecule has 2 aromatic carbocycles. The Balaban J connectivity index is 1.63. The molecular formula is C22H23N3O5. The van der Waals surface area contributed by atoms with E-state index in [4.69, 9.17) is 9.47 Å². The zero-order chi connectivity index (χ0) is 21.5. The van der Waals surface area contributed by atoms with Gasteiger partial charge in [-0.2, -0.15) is 0 Å². The summed E-state index contributed by atoms with van der Waals surface area (Å²) in [7, 11) is 0. The van der Waals surface area contributed by atoms with Crippen LogP contribution in [0.3, 0.4) is 0 Å². The Labute approximate surface area is 172 Å². The maximum Gasteiger partial charge on any atom is 0.328 e. The van der Waals surface area contributed by atoms with Crippen LogP contribution < -0.4 is 26.0 Å². The molecule has 8 nitrogen and oxygen atoms in total. The van der Waals surface area contributed by atoms with Gasteiger partial charge in [0, 0.05) is 12.1 Å². The molecule has 0 atom stereocenters. The number of hydrogen-bond donors (Lipinski definition) is 2. The van der Waals surface area contributed by atoms with Crippen LogP contribution >= 0.6 is 0 Å². The van der Waals surface area contributed by atoms with Crippen molar-refractivity contribution in [2.45, 2.75) is 32.9 Å². The lowest BCUT2D eigenvalue weighted by Gasteiger charge is -2.29. The summed E-state index contributed by atoms with van der Waals surface area (Å²) in [5, 5.41) is 3.36. The number of nitrogens with one attached hydrogen (secondary N) is 2. The van der Waals surface area contributed by atoms with Gasteiger partial charge in [-0.25, -0.2) is 4.79 Å². The van der Waals surface area contributed by atoms with Crippen LogP contribution in [0.1, 0.15) is 36.7 Å². The molecule has 8 heteroatoms. The van der Waals surface area contributed by atoms with Crippen LogP contribution in [-0.2, 0) is 12.1 Å². The molecule has 3 aromatic rings. The van der Waals surface area contributed by atoms with Crippen molar-refractivity contribution >= 4 is 16.8 Å². The fourth-order valence-corrected chi connectivity index (χ4v) is 3.54. The van der Waals surface area contributed by atoms with Crippen LogP contribution in [0.4, 0.5) is 0 Å². The highest BCUT2D eigenvalue weighted by Gasteiger charge is 2.26. The molecular weight excluding hydrogens is 386 g/mol. The van der Waals surface area contributed by atoms with Gasteiger partial charge in [-0.3, -0.25) is 14.2 Å². The van der Waals surface area contributed by atoms with Crippen molar-refractivity contribution in [1.29, 1.82) is 0 Å². The Morgan fingerprint density at radius 3 is 2.57 bits per heavy atom. The summed E-state index contributed by atoms with van der Waals surface area (Å²) < 4.78 is 12.3. The van der Waals surface area contributed by atoms with Gasteiger partial charge >= 0.3 is 5.69 Å². The molecule has 0 saturated heterocycles. The Kier molecular flexibility index (Phi) is 4.85. The number of rotatable bonds is 4. The number of amides is 1. The normalized spacial score (nSPS) is 13.3. The number of aromatic nitrogens is 2. The third kappa shape index (κ3) is 3.45. The number of H-pyrrole nitrogens is 1. The smallest absolute Gasteiger partial charge is 0.328 e. The highest BCUT2D eigenvalue weighted by Crippen LogP contribution is 2.34. The van der Waals surface area contributed by atoms with Gasteiger partial charge in [-0.15, -0.1) is 0 Å². The molecule has 156 valence electrons. The average molecular weight is 409 g/mol. The van der Waals surface area contributed by atoms with Gasteiger partial charge in [0.05, 0.1) is 16.4 Å². The van der Waals surface area contributed by atoms with Crippen molar-refractivity contribution in [3.8, 4) is 11.5 Å². The van der Waals surface area contributed by atoms with Crippen molar-refractivity contribution < 1.29 is 14.3 Å². The van der Waals surface area contributed by atoms with Crippen molar-refractivity contribution in [1.82, 2.24) is 14.9 Å². The summed E-state index contributed by atoms with van der Waals surface area (Å²) >= 11 is 0. The Hall–Kier alpha value is -3.55. The number of nitrogens with zero attached hydrogens (tertiary/aromatic N) is 1. The largest absolute Gasteiger partial charge is 0.486 e. The summed E-state index contributed by atoms with van der Waals surface area (Å²) in [6.07, 6.45) is 0. The third-order valence-electron chi connectivity index (χ3n) is 5.25. The van der Waals surface area contributed by atoms with E-state index in [-0.39, 0.29) is 18.0 Å². The number of carbonyl (C=O) groups is 1. The van der Waals surface area contributed by atoms with E-state index in [0.29, 0.717) is 41.2 Å². The molecule has 0 fully saturated rings. The molecule has 30 heavy (non-hydrogen) atoms. The lowest BCUT2D eigenvalue weighted by molar-refractivity contribution is 0.0911. The molecule has 0 aliphatic carbocycles. The molecule has 2 N–H and O–H groups in total. The summed E-state index contributed by atoms with van der Waals surface area (Å²) in [5.74, 6) is 1.01. The number of fused-ring (bicyclic) bond motifs is 2. The molecule has 1 aliphatic rings. The highest BCUT2D eigenvalue weighted by molar-refractivity contribution is 5.98. The predicted octanol–water partition coefficient (Wildman–Crippen LogP) is 2.15. The zero-order valence-electron chi connectivity index (χ0n) is 17.1. The Bertz CT molecular complexity index is 1260. The van der Waals surface area contributed by atoms with Crippen LogP contribution in [0.5, 0.6) is 11.5 Å². The van der Waals surface area contributed by atoms with E-state index in [2.05, 4.69) is 10.3 Å². The SMILES string of the molecule is CCn1c(=O)[nH]c2cc(C(=O)NC(C)(C)c3ccc4c(c3)OCCO4)ccc2c1=O. The molecule has 1 amide bonds. The van der Waals surface area contributed by atoms with Gasteiger partial charge in [0.2, 0.25) is 0 Å². The first-order valence-corrected chi connectivity index (χ1v) is 9.79. The lowest BCUT2D eigenvalue weighted by Crippen LogP contribution is -2.41. The lowest BCUT2D eigenvalue weighted by atomic mass is 9.93. The Morgan fingerprint density at radius 2 is 1.83 bits per heavy atom. The minimum atomic E-state index is -0.694. The Morgan fingerprint density at radius 1 is 1.10 bits per heavy atom. The van der Waals surface area contributed by atoms with Crippen LogP contribution in [-0.4, -0.2) is 28.7 Å². The van der Waals surface area contributed by atoms with Crippen molar-refractivity contribution in [2.24, 2.45) is 0 Å². The molecule has 0 saturated carbocycles. The topological polar surface area (TPSA) is 102 Å². The second kappa shape index (κ2) is 7.37. The van der Waals surface area contributed by atoms with Gasteiger partial charge in [0.15, 0.2) is 11.5 Å². The highest BCUT2D eigenvalue weighted by atomic mass is 16.6. The van der Waals surface area contributed by atoms with E-state index in [9.17, 15) is 14.4 Å². The minimum absolute atomic E-state index is 0.274. The monoisotopic (exact) mass is 409 g/mol.